The van der Waals surface area contributed by atoms with Gasteiger partial charge in [0.2, 0.25) is 5.88 Å². The first kappa shape index (κ1) is 24.9. The number of aromatic nitrogens is 2. The fourth-order valence-electron chi connectivity index (χ4n) is 3.44. The summed E-state index contributed by atoms with van der Waals surface area (Å²) in [6.45, 7) is 5.75. The van der Waals surface area contributed by atoms with Crippen LogP contribution in [-0.4, -0.2) is 28.8 Å². The second kappa shape index (κ2) is 10.5. The van der Waals surface area contributed by atoms with Gasteiger partial charge in [0.25, 0.3) is 12.3 Å². The lowest BCUT2D eigenvalue weighted by atomic mass is 10.0. The number of nitrogens with one attached hydrogen (secondary N) is 1. The van der Waals surface area contributed by atoms with Gasteiger partial charge in [0.1, 0.15) is 17.0 Å². The second-order valence-electron chi connectivity index (χ2n) is 8.13. The second-order valence-corrected chi connectivity index (χ2v) is 8.13. The number of halogens is 2. The number of carbonyl (C=O) groups excluding carboxylic acids is 2. The summed E-state index contributed by atoms with van der Waals surface area (Å²) in [4.78, 5) is 24.7. The van der Waals surface area contributed by atoms with Crippen molar-refractivity contribution in [2.75, 3.05) is 7.11 Å². The Morgan fingerprint density at radius 1 is 1.03 bits per heavy atom. The Morgan fingerprint density at radius 2 is 1.71 bits per heavy atom. The van der Waals surface area contributed by atoms with Crippen molar-refractivity contribution in [1.82, 2.24) is 15.1 Å². The topological polar surface area (TPSA) is 82.5 Å². The molecule has 9 heteroatoms. The zero-order valence-electron chi connectivity index (χ0n) is 19.6. The van der Waals surface area contributed by atoms with Gasteiger partial charge < -0.3 is 14.8 Å². The quantitative estimate of drug-likeness (QED) is 0.436. The van der Waals surface area contributed by atoms with E-state index >= 15 is 0 Å². The van der Waals surface area contributed by atoms with E-state index in [0.717, 1.165) is 10.2 Å². The van der Waals surface area contributed by atoms with E-state index in [4.69, 9.17) is 4.74 Å². The lowest BCUT2D eigenvalue weighted by molar-refractivity contribution is 0.0600. The molecule has 3 aromatic rings. The van der Waals surface area contributed by atoms with Gasteiger partial charge in [-0.3, -0.25) is 4.79 Å². The fourth-order valence-corrected chi connectivity index (χ4v) is 3.44. The van der Waals surface area contributed by atoms with Crippen LogP contribution in [0.15, 0.2) is 48.5 Å². The average molecular weight is 472 g/mol. The van der Waals surface area contributed by atoms with Gasteiger partial charge in [-0.2, -0.15) is 5.10 Å². The van der Waals surface area contributed by atoms with E-state index in [-0.39, 0.29) is 17.4 Å². The van der Waals surface area contributed by atoms with Gasteiger partial charge in [0.05, 0.1) is 18.7 Å². The van der Waals surface area contributed by atoms with Crippen molar-refractivity contribution >= 4 is 11.9 Å². The highest BCUT2D eigenvalue weighted by Gasteiger charge is 2.30. The molecule has 1 atom stereocenters. The first-order valence-corrected chi connectivity index (χ1v) is 10.7. The van der Waals surface area contributed by atoms with Crippen LogP contribution in [-0.2, 0) is 11.8 Å². The molecular weight excluding hydrogens is 444 g/mol. The number of aryl methyl sites for hydroxylation is 1. The molecule has 0 saturated carbocycles. The standard InChI is InChI=1S/C25H27F2N3O4/c1-14(2)18-7-6-8-19(13-18)34-24-20(21(22(26)27)29-30(24)4)23(31)28-15(3)16-9-11-17(12-10-16)25(32)33-5/h6-15,22H,1-5H3,(H,28,31). The third-order valence-electron chi connectivity index (χ3n) is 5.37. The molecule has 0 aliphatic carbocycles. The molecule has 1 aromatic heterocycles. The van der Waals surface area contributed by atoms with Crippen molar-refractivity contribution in [3.8, 4) is 11.6 Å². The molecule has 0 aliphatic heterocycles. The molecule has 0 bridgehead atoms. The van der Waals surface area contributed by atoms with Gasteiger partial charge in [0.15, 0.2) is 0 Å². The Labute approximate surface area is 196 Å². The molecule has 0 radical (unpaired) electrons. The van der Waals surface area contributed by atoms with Crippen molar-refractivity contribution in [3.05, 3.63) is 76.5 Å². The maximum atomic E-state index is 13.7. The molecular formula is C25H27F2N3O4. The van der Waals surface area contributed by atoms with Gasteiger partial charge in [0, 0.05) is 7.05 Å². The van der Waals surface area contributed by atoms with E-state index in [2.05, 4.69) is 15.2 Å². The SMILES string of the molecule is COC(=O)c1ccc(C(C)NC(=O)c2c(C(F)F)nn(C)c2Oc2cccc(C(C)C)c2)cc1. The number of nitrogens with zero attached hydrogens (tertiary/aromatic N) is 2. The van der Waals surface area contributed by atoms with E-state index in [1.807, 2.05) is 19.9 Å². The first-order valence-electron chi connectivity index (χ1n) is 10.7. The van der Waals surface area contributed by atoms with E-state index in [1.165, 1.54) is 14.2 Å². The van der Waals surface area contributed by atoms with Gasteiger partial charge in [-0.25, -0.2) is 18.3 Å². The van der Waals surface area contributed by atoms with E-state index < -0.39 is 30.0 Å². The summed E-state index contributed by atoms with van der Waals surface area (Å²) in [7, 11) is 2.73. The monoisotopic (exact) mass is 471 g/mol. The number of alkyl halides is 2. The molecule has 34 heavy (non-hydrogen) atoms. The van der Waals surface area contributed by atoms with Gasteiger partial charge in [-0.15, -0.1) is 0 Å². The van der Waals surface area contributed by atoms with Crippen molar-refractivity contribution in [3.63, 3.8) is 0 Å². The molecule has 2 aromatic carbocycles. The number of carbonyl (C=O) groups is 2. The van der Waals surface area contributed by atoms with Gasteiger partial charge >= 0.3 is 5.97 Å². The molecule has 7 nitrogen and oxygen atoms in total. The number of hydrogen-bond donors (Lipinski definition) is 1. The normalized spacial score (nSPS) is 12.0. The minimum absolute atomic E-state index is 0.0815. The van der Waals surface area contributed by atoms with E-state index in [0.29, 0.717) is 16.9 Å². The Balaban J connectivity index is 1.89. The Morgan fingerprint density at radius 3 is 2.29 bits per heavy atom. The van der Waals surface area contributed by atoms with Crippen molar-refractivity contribution < 1.29 is 27.8 Å². The Bertz CT molecular complexity index is 1170. The number of benzene rings is 2. The number of hydrogen-bond acceptors (Lipinski definition) is 5. The van der Waals surface area contributed by atoms with Gasteiger partial charge in [-0.05, 0) is 48.2 Å². The molecule has 0 saturated heterocycles. The van der Waals surface area contributed by atoms with Crippen LogP contribution >= 0.6 is 0 Å². The predicted molar refractivity (Wildman–Crippen MR) is 122 cm³/mol. The first-order chi connectivity index (χ1) is 16.1. The summed E-state index contributed by atoms with van der Waals surface area (Å²) in [5.41, 5.74) is 1.05. The summed E-state index contributed by atoms with van der Waals surface area (Å²) in [5.74, 6) is -0.662. The highest BCUT2D eigenvalue weighted by molar-refractivity contribution is 5.98. The largest absolute Gasteiger partial charge is 0.465 e. The van der Waals surface area contributed by atoms with Crippen LogP contribution in [0.5, 0.6) is 11.6 Å². The number of amides is 1. The van der Waals surface area contributed by atoms with E-state index in [9.17, 15) is 18.4 Å². The minimum Gasteiger partial charge on any atom is -0.465 e. The summed E-state index contributed by atoms with van der Waals surface area (Å²) in [6.07, 6.45) is -2.97. The smallest absolute Gasteiger partial charge is 0.337 e. The number of esters is 1. The molecule has 3 rings (SSSR count). The average Bonchev–Trinajstić information content (AvgIpc) is 3.15. The molecule has 1 amide bonds. The van der Waals surface area contributed by atoms with Crippen molar-refractivity contribution in [1.29, 1.82) is 0 Å². The molecule has 0 aliphatic rings. The van der Waals surface area contributed by atoms with Crippen LogP contribution in [0.2, 0.25) is 0 Å². The van der Waals surface area contributed by atoms with Crippen LogP contribution in [0, 0.1) is 0 Å². The molecule has 0 spiro atoms. The molecule has 180 valence electrons. The minimum atomic E-state index is -2.97. The zero-order chi connectivity index (χ0) is 25.0. The lowest BCUT2D eigenvalue weighted by Gasteiger charge is -2.16. The van der Waals surface area contributed by atoms with Crippen LogP contribution in [0.25, 0.3) is 0 Å². The highest BCUT2D eigenvalue weighted by Crippen LogP contribution is 2.33. The maximum Gasteiger partial charge on any atom is 0.337 e. The molecule has 1 N–H and O–H groups in total. The third kappa shape index (κ3) is 5.41. The molecule has 0 fully saturated rings. The number of ether oxygens (including phenoxy) is 2. The van der Waals surface area contributed by atoms with Crippen LogP contribution in [0.1, 0.15) is 76.7 Å². The van der Waals surface area contributed by atoms with Crippen LogP contribution in [0.4, 0.5) is 8.78 Å². The summed E-state index contributed by atoms with van der Waals surface area (Å²) >= 11 is 0. The number of methoxy groups -OCH3 is 1. The number of rotatable bonds is 8. The highest BCUT2D eigenvalue weighted by atomic mass is 19.3. The third-order valence-corrected chi connectivity index (χ3v) is 5.37. The zero-order valence-corrected chi connectivity index (χ0v) is 19.6. The summed E-state index contributed by atoms with van der Waals surface area (Å²) in [5, 5.41) is 6.55. The summed E-state index contributed by atoms with van der Waals surface area (Å²) < 4.78 is 39.2. The van der Waals surface area contributed by atoms with Gasteiger partial charge in [-0.1, -0.05) is 38.1 Å². The van der Waals surface area contributed by atoms with Crippen molar-refractivity contribution in [2.45, 2.75) is 39.2 Å². The Kier molecular flexibility index (Phi) is 7.65. The predicted octanol–water partition coefficient (Wildman–Crippen LogP) is 5.55. The van der Waals surface area contributed by atoms with Crippen LogP contribution in [0.3, 0.4) is 0 Å². The lowest BCUT2D eigenvalue weighted by Crippen LogP contribution is -2.27. The fraction of sp³-hybridized carbons (Fsp3) is 0.320. The Hall–Kier alpha value is -3.75. The maximum absolute atomic E-state index is 13.7. The molecule has 1 unspecified atom stereocenters. The van der Waals surface area contributed by atoms with Crippen molar-refractivity contribution in [2.24, 2.45) is 7.05 Å². The van der Waals surface area contributed by atoms with E-state index in [1.54, 1.807) is 49.4 Å². The summed E-state index contributed by atoms with van der Waals surface area (Å²) in [6, 6.07) is 13.1. The van der Waals surface area contributed by atoms with Crippen LogP contribution < -0.4 is 10.1 Å². The molecule has 1 heterocycles.